The molecule has 1 aromatic carbocycles. The number of piperazine rings is 1. The predicted octanol–water partition coefficient (Wildman–Crippen LogP) is 2.24. The van der Waals surface area contributed by atoms with Crippen LogP contribution in [0, 0.1) is 11.3 Å². The van der Waals surface area contributed by atoms with Crippen molar-refractivity contribution in [3.8, 4) is 6.07 Å². The van der Waals surface area contributed by atoms with Crippen LogP contribution in [0.1, 0.15) is 19.4 Å². The maximum Gasteiger partial charge on any atom is 0.410 e. The molecule has 2 rings (SSSR count). The maximum absolute atomic E-state index is 12.1. The molecule has 0 saturated carbocycles. The smallest absolute Gasteiger partial charge is 0.410 e. The molecule has 0 radical (unpaired) electrons. The highest BCUT2D eigenvalue weighted by atomic mass is 16.6. The van der Waals surface area contributed by atoms with E-state index < -0.39 is 0 Å². The molecule has 0 N–H and O–H groups in total. The molecule has 1 fully saturated rings. The van der Waals surface area contributed by atoms with Crippen molar-refractivity contribution in [1.82, 2.24) is 9.80 Å². The molecule has 0 aliphatic carbocycles. The highest BCUT2D eigenvalue weighted by molar-refractivity contribution is 5.68. The van der Waals surface area contributed by atoms with Gasteiger partial charge in [0.05, 0.1) is 12.6 Å². The van der Waals surface area contributed by atoms with Gasteiger partial charge in [-0.3, -0.25) is 4.90 Å². The Labute approximate surface area is 125 Å². The molecule has 0 aromatic heterocycles. The van der Waals surface area contributed by atoms with Crippen molar-refractivity contribution in [2.24, 2.45) is 0 Å². The van der Waals surface area contributed by atoms with E-state index in [4.69, 9.17) is 10.00 Å². The zero-order valence-corrected chi connectivity index (χ0v) is 12.5. The molecule has 5 nitrogen and oxygen atoms in total. The number of amides is 1. The van der Waals surface area contributed by atoms with Crippen molar-refractivity contribution in [3.63, 3.8) is 0 Å². The minimum absolute atomic E-state index is 0.165. The molecule has 1 aliphatic heterocycles. The molecule has 1 amide bonds. The standard InChI is InChI=1S/C16H21N3O2/c1-13-10-18(11-14(2)19(13)9-8-17)16(20)21-12-15-6-4-3-5-7-15/h3-7,13-14H,9-12H2,1-2H3. The first-order valence-corrected chi connectivity index (χ1v) is 7.20. The summed E-state index contributed by atoms with van der Waals surface area (Å²) in [5.41, 5.74) is 0.982. The van der Waals surface area contributed by atoms with Crippen LogP contribution in [0.4, 0.5) is 4.79 Å². The lowest BCUT2D eigenvalue weighted by molar-refractivity contribution is 0.0317. The zero-order valence-electron chi connectivity index (χ0n) is 12.5. The number of benzene rings is 1. The van der Waals surface area contributed by atoms with E-state index >= 15 is 0 Å². The first kappa shape index (κ1) is 15.3. The van der Waals surface area contributed by atoms with Gasteiger partial charge in [-0.25, -0.2) is 4.79 Å². The minimum Gasteiger partial charge on any atom is -0.445 e. The largest absolute Gasteiger partial charge is 0.445 e. The summed E-state index contributed by atoms with van der Waals surface area (Å²) in [5, 5.41) is 8.84. The van der Waals surface area contributed by atoms with Gasteiger partial charge in [0.1, 0.15) is 6.61 Å². The normalized spacial score (nSPS) is 22.6. The van der Waals surface area contributed by atoms with E-state index in [-0.39, 0.29) is 18.2 Å². The topological polar surface area (TPSA) is 56.6 Å². The van der Waals surface area contributed by atoms with E-state index in [0.29, 0.717) is 26.2 Å². The lowest BCUT2D eigenvalue weighted by Crippen LogP contribution is -2.58. The zero-order chi connectivity index (χ0) is 15.2. The maximum atomic E-state index is 12.1. The second kappa shape index (κ2) is 7.09. The van der Waals surface area contributed by atoms with E-state index in [1.54, 1.807) is 4.90 Å². The van der Waals surface area contributed by atoms with Crippen LogP contribution in [0.3, 0.4) is 0 Å². The van der Waals surface area contributed by atoms with Crippen molar-refractivity contribution in [1.29, 1.82) is 5.26 Å². The van der Waals surface area contributed by atoms with Crippen LogP contribution in [-0.2, 0) is 11.3 Å². The van der Waals surface area contributed by atoms with Crippen LogP contribution >= 0.6 is 0 Å². The molecule has 1 aliphatic rings. The molecule has 0 spiro atoms. The van der Waals surface area contributed by atoms with E-state index in [1.807, 2.05) is 44.2 Å². The Balaban J connectivity index is 1.88. The Morgan fingerprint density at radius 1 is 1.29 bits per heavy atom. The van der Waals surface area contributed by atoms with Crippen LogP contribution in [0.25, 0.3) is 0 Å². The van der Waals surface area contributed by atoms with E-state index in [9.17, 15) is 4.79 Å². The van der Waals surface area contributed by atoms with Gasteiger partial charge in [-0.1, -0.05) is 30.3 Å². The number of carbonyl (C=O) groups is 1. The van der Waals surface area contributed by atoms with Crippen LogP contribution in [0.15, 0.2) is 30.3 Å². The van der Waals surface area contributed by atoms with Crippen LogP contribution in [-0.4, -0.2) is 47.6 Å². The third-order valence-corrected chi connectivity index (χ3v) is 3.82. The second-order valence-electron chi connectivity index (χ2n) is 5.47. The van der Waals surface area contributed by atoms with Gasteiger partial charge in [0.2, 0.25) is 0 Å². The van der Waals surface area contributed by atoms with Crippen molar-refractivity contribution in [2.45, 2.75) is 32.5 Å². The summed E-state index contributed by atoms with van der Waals surface area (Å²) >= 11 is 0. The highest BCUT2D eigenvalue weighted by Gasteiger charge is 2.32. The lowest BCUT2D eigenvalue weighted by atomic mass is 10.1. The van der Waals surface area contributed by atoms with Gasteiger partial charge in [-0.2, -0.15) is 5.26 Å². The number of hydrogen-bond donors (Lipinski definition) is 0. The quantitative estimate of drug-likeness (QED) is 0.800. The predicted molar refractivity (Wildman–Crippen MR) is 79.4 cm³/mol. The molecular formula is C16H21N3O2. The van der Waals surface area contributed by atoms with E-state index in [2.05, 4.69) is 11.0 Å². The van der Waals surface area contributed by atoms with Crippen molar-refractivity contribution in [3.05, 3.63) is 35.9 Å². The first-order valence-electron chi connectivity index (χ1n) is 7.20. The lowest BCUT2D eigenvalue weighted by Gasteiger charge is -2.42. The fourth-order valence-corrected chi connectivity index (χ4v) is 2.71. The molecule has 5 heteroatoms. The monoisotopic (exact) mass is 287 g/mol. The Bertz CT molecular complexity index is 500. The fourth-order valence-electron chi connectivity index (χ4n) is 2.71. The average Bonchev–Trinajstić information content (AvgIpc) is 2.49. The van der Waals surface area contributed by atoms with Gasteiger partial charge in [0.25, 0.3) is 0 Å². The summed E-state index contributed by atoms with van der Waals surface area (Å²) in [5.74, 6) is 0. The fraction of sp³-hybridized carbons (Fsp3) is 0.500. The van der Waals surface area contributed by atoms with Crippen LogP contribution in [0.2, 0.25) is 0 Å². The Hall–Kier alpha value is -2.06. The molecule has 1 saturated heterocycles. The first-order chi connectivity index (χ1) is 10.1. The molecule has 0 bridgehead atoms. The van der Waals surface area contributed by atoms with Crippen molar-refractivity contribution >= 4 is 6.09 Å². The number of rotatable bonds is 3. The summed E-state index contributed by atoms with van der Waals surface area (Å²) in [7, 11) is 0. The van der Waals surface area contributed by atoms with E-state index in [1.165, 1.54) is 0 Å². The van der Waals surface area contributed by atoms with E-state index in [0.717, 1.165) is 5.56 Å². The van der Waals surface area contributed by atoms with Gasteiger partial charge < -0.3 is 9.64 Å². The summed E-state index contributed by atoms with van der Waals surface area (Å²) in [6, 6.07) is 12.2. The average molecular weight is 287 g/mol. The molecule has 2 unspecified atom stereocenters. The SMILES string of the molecule is CC1CN(C(=O)OCc2ccccc2)CC(C)N1CC#N. The number of nitriles is 1. The number of nitrogens with zero attached hydrogens (tertiary/aromatic N) is 3. The summed E-state index contributed by atoms with van der Waals surface area (Å²) in [6.07, 6.45) is -0.283. The van der Waals surface area contributed by atoms with Crippen LogP contribution < -0.4 is 0 Å². The van der Waals surface area contributed by atoms with Crippen LogP contribution in [0.5, 0.6) is 0 Å². The third kappa shape index (κ3) is 3.96. The van der Waals surface area contributed by atoms with Crippen molar-refractivity contribution < 1.29 is 9.53 Å². The summed E-state index contributed by atoms with van der Waals surface area (Å²) < 4.78 is 5.36. The Morgan fingerprint density at radius 2 is 1.90 bits per heavy atom. The van der Waals surface area contributed by atoms with Gasteiger partial charge >= 0.3 is 6.09 Å². The minimum atomic E-state index is -0.283. The second-order valence-corrected chi connectivity index (χ2v) is 5.47. The molecule has 1 aromatic rings. The number of ether oxygens (including phenoxy) is 1. The molecule has 2 atom stereocenters. The molecule has 21 heavy (non-hydrogen) atoms. The Morgan fingerprint density at radius 3 is 2.48 bits per heavy atom. The Kier molecular flexibility index (Phi) is 5.18. The summed E-state index contributed by atoms with van der Waals surface area (Å²) in [6.45, 7) is 5.95. The molecule has 1 heterocycles. The highest BCUT2D eigenvalue weighted by Crippen LogP contribution is 2.16. The third-order valence-electron chi connectivity index (χ3n) is 3.82. The van der Waals surface area contributed by atoms with Gasteiger partial charge in [-0.05, 0) is 19.4 Å². The number of carbonyl (C=O) groups excluding carboxylic acids is 1. The molecular weight excluding hydrogens is 266 g/mol. The van der Waals surface area contributed by atoms with Gasteiger partial charge in [0, 0.05) is 25.2 Å². The number of hydrogen-bond acceptors (Lipinski definition) is 4. The molecule has 112 valence electrons. The summed E-state index contributed by atoms with van der Waals surface area (Å²) in [4.78, 5) is 16.0. The van der Waals surface area contributed by atoms with Gasteiger partial charge in [0.15, 0.2) is 0 Å². The van der Waals surface area contributed by atoms with Gasteiger partial charge in [-0.15, -0.1) is 0 Å². The van der Waals surface area contributed by atoms with Crippen molar-refractivity contribution in [2.75, 3.05) is 19.6 Å².